The zero-order chi connectivity index (χ0) is 20.9. The number of hydrogen-bond donors (Lipinski definition) is 1. The van der Waals surface area contributed by atoms with E-state index in [-0.39, 0.29) is 35.4 Å². The van der Waals surface area contributed by atoms with Crippen molar-refractivity contribution in [3.8, 4) is 0 Å². The molecule has 0 aliphatic heterocycles. The number of aliphatic hydroxyl groups is 1. The van der Waals surface area contributed by atoms with Crippen LogP contribution in [-0.2, 0) is 4.79 Å². The van der Waals surface area contributed by atoms with E-state index in [0.29, 0.717) is 11.8 Å². The molecule has 4 fully saturated rings. The molecule has 0 aromatic heterocycles. The SMILES string of the molecule is [2H]C1([2H])C([2H])([2H])[C@]([2H])(O)C[C@H]2CC[C@H]3[C@@H]4CC[C@H](C(C)=O)[C@@]4(C)CC[C@@H]3[C@]21C. The van der Waals surface area contributed by atoms with Crippen LogP contribution < -0.4 is 0 Å². The summed E-state index contributed by atoms with van der Waals surface area (Å²) in [5, 5.41) is 10.5. The van der Waals surface area contributed by atoms with Crippen LogP contribution in [-0.4, -0.2) is 17.0 Å². The van der Waals surface area contributed by atoms with E-state index in [1.807, 2.05) is 6.92 Å². The third-order valence-corrected chi connectivity index (χ3v) is 8.31. The van der Waals surface area contributed by atoms with Crippen LogP contribution in [0.2, 0.25) is 0 Å². The summed E-state index contributed by atoms with van der Waals surface area (Å²) in [5.74, 6) is 0.896. The highest BCUT2D eigenvalue weighted by atomic mass is 16.3. The number of Topliss-reactive ketones (excluding diaryl/α,β-unsaturated/α-hetero) is 1. The van der Waals surface area contributed by atoms with Gasteiger partial charge in [-0.2, -0.15) is 0 Å². The summed E-state index contributed by atoms with van der Waals surface area (Å²) in [6.07, 6.45) is -2.03. The van der Waals surface area contributed by atoms with Gasteiger partial charge >= 0.3 is 0 Å². The number of carbonyl (C=O) groups is 1. The zero-order valence-electron chi connectivity index (χ0n) is 19.7. The molecule has 0 bridgehead atoms. The molecular formula is C21H34O2. The molecule has 0 spiro atoms. The van der Waals surface area contributed by atoms with E-state index >= 15 is 0 Å². The molecule has 0 amide bonds. The van der Waals surface area contributed by atoms with E-state index in [0.717, 1.165) is 38.5 Å². The predicted molar refractivity (Wildman–Crippen MR) is 91.9 cm³/mol. The van der Waals surface area contributed by atoms with Crippen molar-refractivity contribution in [2.75, 3.05) is 0 Å². The Kier molecular flexibility index (Phi) is 2.61. The van der Waals surface area contributed by atoms with Gasteiger partial charge in [0, 0.05) is 11.4 Å². The first-order chi connectivity index (χ1) is 12.7. The highest BCUT2D eigenvalue weighted by molar-refractivity contribution is 5.79. The predicted octanol–water partition coefficient (Wildman–Crippen LogP) is 4.60. The van der Waals surface area contributed by atoms with E-state index in [1.54, 1.807) is 6.92 Å². The van der Waals surface area contributed by atoms with Crippen molar-refractivity contribution in [2.45, 2.75) is 84.5 Å². The number of hydrogen-bond acceptors (Lipinski definition) is 2. The van der Waals surface area contributed by atoms with Crippen LogP contribution >= 0.6 is 0 Å². The smallest absolute Gasteiger partial charge is 0.133 e. The Hall–Kier alpha value is -0.370. The Labute approximate surface area is 148 Å². The minimum absolute atomic E-state index is 0.00274. The molecule has 4 aliphatic carbocycles. The van der Waals surface area contributed by atoms with Crippen LogP contribution in [0.3, 0.4) is 0 Å². The third kappa shape index (κ3) is 2.19. The van der Waals surface area contributed by atoms with Crippen LogP contribution in [0.5, 0.6) is 0 Å². The molecule has 0 aromatic rings. The molecule has 23 heavy (non-hydrogen) atoms. The maximum absolute atomic E-state index is 12.3. The van der Waals surface area contributed by atoms with Gasteiger partial charge in [-0.15, -0.1) is 0 Å². The Morgan fingerprint density at radius 2 is 1.87 bits per heavy atom. The topological polar surface area (TPSA) is 37.3 Å². The van der Waals surface area contributed by atoms with Crippen molar-refractivity contribution in [2.24, 2.45) is 40.4 Å². The minimum atomic E-state index is -2.62. The Morgan fingerprint density at radius 1 is 1.13 bits per heavy atom. The first-order valence-corrected chi connectivity index (χ1v) is 9.44. The van der Waals surface area contributed by atoms with Crippen LogP contribution in [0.1, 0.15) is 85.3 Å². The van der Waals surface area contributed by atoms with Gasteiger partial charge in [0.2, 0.25) is 0 Å². The van der Waals surface area contributed by atoms with Gasteiger partial charge in [-0.25, -0.2) is 0 Å². The number of fused-ring (bicyclic) bond motifs is 5. The fraction of sp³-hybridized carbons (Fsp3) is 0.952. The summed E-state index contributed by atoms with van der Waals surface area (Å²) < 4.78 is 42.6. The molecule has 0 saturated heterocycles. The first-order valence-electron chi connectivity index (χ1n) is 11.9. The highest BCUT2D eigenvalue weighted by Gasteiger charge is 2.60. The molecule has 2 heteroatoms. The van der Waals surface area contributed by atoms with Crippen molar-refractivity contribution in [3.05, 3.63) is 0 Å². The number of rotatable bonds is 1. The standard InChI is InChI=1S/C21H34O2/c1-13(22)17-6-7-18-16-5-4-14-12-15(23)8-10-20(14,2)19(16)9-11-21(17,18)3/h14-19,23H,4-12H2,1-3H3/t14-,15+,16+,17-,18+,19+,20+,21-/m1/s1/i8D2,10D2,15D. The van der Waals surface area contributed by atoms with E-state index in [2.05, 4.69) is 6.92 Å². The lowest BCUT2D eigenvalue weighted by Crippen LogP contribution is -2.54. The molecule has 0 aromatic carbocycles. The Bertz CT molecular complexity index is 692. The van der Waals surface area contributed by atoms with Gasteiger partial charge in [-0.05, 0) is 99.1 Å². The van der Waals surface area contributed by atoms with Crippen molar-refractivity contribution in [1.82, 2.24) is 0 Å². The summed E-state index contributed by atoms with van der Waals surface area (Å²) in [6, 6.07) is 0. The Morgan fingerprint density at radius 3 is 2.61 bits per heavy atom. The number of carbonyl (C=O) groups excluding carboxylic acids is 1. The molecule has 0 unspecified atom stereocenters. The zero-order valence-corrected chi connectivity index (χ0v) is 14.7. The quantitative estimate of drug-likeness (QED) is 0.766. The van der Waals surface area contributed by atoms with Crippen LogP contribution in [0.15, 0.2) is 0 Å². The van der Waals surface area contributed by atoms with Gasteiger partial charge in [0.05, 0.1) is 7.45 Å². The van der Waals surface area contributed by atoms with E-state index in [1.165, 1.54) is 0 Å². The lowest BCUT2D eigenvalue weighted by Gasteiger charge is -2.60. The van der Waals surface area contributed by atoms with Crippen molar-refractivity contribution >= 4 is 5.78 Å². The minimum Gasteiger partial charge on any atom is -0.393 e. The molecule has 0 heterocycles. The molecule has 4 saturated carbocycles. The fourth-order valence-corrected chi connectivity index (χ4v) is 7.10. The molecule has 8 atom stereocenters. The largest absolute Gasteiger partial charge is 0.393 e. The van der Waals surface area contributed by atoms with Gasteiger partial charge in [-0.3, -0.25) is 4.79 Å². The third-order valence-electron chi connectivity index (χ3n) is 8.31. The number of ketones is 1. The average molecular weight is 324 g/mol. The molecule has 130 valence electrons. The summed E-state index contributed by atoms with van der Waals surface area (Å²) in [7, 11) is 0. The summed E-state index contributed by atoms with van der Waals surface area (Å²) >= 11 is 0. The molecule has 0 radical (unpaired) electrons. The summed E-state index contributed by atoms with van der Waals surface area (Å²) in [5.41, 5.74) is -0.922. The van der Waals surface area contributed by atoms with Gasteiger partial charge < -0.3 is 5.11 Å². The van der Waals surface area contributed by atoms with Gasteiger partial charge in [0.25, 0.3) is 0 Å². The second-order valence-corrected chi connectivity index (χ2v) is 9.12. The van der Waals surface area contributed by atoms with E-state index in [4.69, 9.17) is 6.85 Å². The van der Waals surface area contributed by atoms with Crippen molar-refractivity contribution in [1.29, 1.82) is 0 Å². The van der Waals surface area contributed by atoms with Gasteiger partial charge in [0.1, 0.15) is 5.78 Å². The highest BCUT2D eigenvalue weighted by Crippen LogP contribution is 2.67. The molecule has 2 nitrogen and oxygen atoms in total. The van der Waals surface area contributed by atoms with Crippen molar-refractivity contribution < 1.29 is 16.8 Å². The van der Waals surface area contributed by atoms with E-state index in [9.17, 15) is 9.90 Å². The molecular weight excluding hydrogens is 284 g/mol. The molecule has 1 N–H and O–H groups in total. The van der Waals surface area contributed by atoms with Gasteiger partial charge in [0.15, 0.2) is 0 Å². The maximum atomic E-state index is 12.3. The fourth-order valence-electron chi connectivity index (χ4n) is 7.10. The normalized spacial score (nSPS) is 66.4. The second kappa shape index (κ2) is 5.31. The van der Waals surface area contributed by atoms with Gasteiger partial charge in [-0.1, -0.05) is 13.8 Å². The van der Waals surface area contributed by atoms with E-state index < -0.39 is 24.2 Å². The summed E-state index contributed by atoms with van der Waals surface area (Å²) in [6.45, 7) is 5.84. The van der Waals surface area contributed by atoms with Crippen LogP contribution in [0, 0.1) is 40.4 Å². The Balaban J connectivity index is 1.74. The van der Waals surface area contributed by atoms with Crippen LogP contribution in [0.4, 0.5) is 0 Å². The van der Waals surface area contributed by atoms with Crippen molar-refractivity contribution in [3.63, 3.8) is 0 Å². The molecule has 4 aliphatic rings. The second-order valence-electron chi connectivity index (χ2n) is 9.12. The average Bonchev–Trinajstić information content (AvgIpc) is 2.93. The van der Waals surface area contributed by atoms with Crippen LogP contribution in [0.25, 0.3) is 0 Å². The maximum Gasteiger partial charge on any atom is 0.133 e. The summed E-state index contributed by atoms with van der Waals surface area (Å²) in [4.78, 5) is 12.3. The monoisotopic (exact) mass is 323 g/mol. The molecule has 4 rings (SSSR count). The lowest BCUT2D eigenvalue weighted by atomic mass is 9.44. The first kappa shape index (κ1) is 11.3. The lowest BCUT2D eigenvalue weighted by molar-refractivity contribution is -0.138.